The maximum Gasteiger partial charge on any atom is 0.334 e. The van der Waals surface area contributed by atoms with Gasteiger partial charge < -0.3 is 24.1 Å². The van der Waals surface area contributed by atoms with Crippen molar-refractivity contribution in [3.63, 3.8) is 0 Å². The summed E-state index contributed by atoms with van der Waals surface area (Å²) in [7, 11) is 1.48. The predicted octanol–water partition coefficient (Wildman–Crippen LogP) is 3.22. The van der Waals surface area contributed by atoms with Gasteiger partial charge in [0.05, 0.1) is 17.8 Å². The summed E-state index contributed by atoms with van der Waals surface area (Å²) in [5, 5.41) is 10.8. The molecule has 34 heavy (non-hydrogen) atoms. The normalized spacial score (nSPS) is 29.1. The molecule has 1 aliphatic heterocycles. The minimum absolute atomic E-state index is 0.00948. The SMILES string of the molecule is C=C([C@H]1C[C@H]2O[C@@]2(C)C(=O)[C@@H]1OC(=O)/C(C)=C\C)[C@@H](C[C@@H](O)C(C)(C)OC)OC(=O)/C(C)=C\C. The summed E-state index contributed by atoms with van der Waals surface area (Å²) in [5.74, 6) is -2.17. The van der Waals surface area contributed by atoms with Gasteiger partial charge >= 0.3 is 11.9 Å². The third-order valence-electron chi connectivity index (χ3n) is 7.17. The number of epoxide rings is 1. The van der Waals surface area contributed by atoms with Crippen molar-refractivity contribution in [3.05, 3.63) is 35.5 Å². The van der Waals surface area contributed by atoms with Crippen LogP contribution in [0.25, 0.3) is 0 Å². The van der Waals surface area contributed by atoms with Crippen molar-refractivity contribution in [1.29, 1.82) is 0 Å². The number of hydrogen-bond donors (Lipinski definition) is 1. The van der Waals surface area contributed by atoms with Crippen molar-refractivity contribution in [2.75, 3.05) is 7.11 Å². The van der Waals surface area contributed by atoms with Crippen molar-refractivity contribution in [2.45, 2.75) is 96.9 Å². The van der Waals surface area contributed by atoms with Crippen LogP contribution < -0.4 is 0 Å². The molecule has 6 atom stereocenters. The highest BCUT2D eigenvalue weighted by atomic mass is 16.6. The van der Waals surface area contributed by atoms with Gasteiger partial charge in [0.1, 0.15) is 6.10 Å². The van der Waals surface area contributed by atoms with Gasteiger partial charge in [-0.3, -0.25) is 4.79 Å². The average Bonchev–Trinajstić information content (AvgIpc) is 3.49. The van der Waals surface area contributed by atoms with Crippen LogP contribution in [-0.4, -0.2) is 65.6 Å². The summed E-state index contributed by atoms with van der Waals surface area (Å²) in [5.41, 5.74) is -0.787. The van der Waals surface area contributed by atoms with Crippen LogP contribution in [0.5, 0.6) is 0 Å². The predicted molar refractivity (Wildman–Crippen MR) is 126 cm³/mol. The van der Waals surface area contributed by atoms with E-state index in [9.17, 15) is 19.5 Å². The van der Waals surface area contributed by atoms with E-state index in [1.165, 1.54) is 7.11 Å². The Hall–Kier alpha value is -2.29. The molecule has 0 radical (unpaired) electrons. The van der Waals surface area contributed by atoms with Gasteiger partial charge in [-0.2, -0.15) is 0 Å². The molecule has 0 aromatic rings. The third kappa shape index (κ3) is 5.67. The van der Waals surface area contributed by atoms with Crippen LogP contribution in [0.3, 0.4) is 0 Å². The Labute approximate surface area is 202 Å². The van der Waals surface area contributed by atoms with Gasteiger partial charge in [-0.15, -0.1) is 0 Å². The monoisotopic (exact) mass is 478 g/mol. The maximum absolute atomic E-state index is 13.2. The van der Waals surface area contributed by atoms with Crippen LogP contribution in [0.2, 0.25) is 0 Å². The molecule has 2 aliphatic rings. The van der Waals surface area contributed by atoms with Gasteiger partial charge in [0, 0.05) is 30.6 Å². The number of allylic oxidation sites excluding steroid dienone is 2. The number of hydrogen-bond acceptors (Lipinski definition) is 8. The highest BCUT2D eigenvalue weighted by Gasteiger charge is 2.66. The van der Waals surface area contributed by atoms with Crippen LogP contribution in [0.1, 0.15) is 61.3 Å². The van der Waals surface area contributed by atoms with Gasteiger partial charge in [0.15, 0.2) is 11.7 Å². The third-order valence-corrected chi connectivity index (χ3v) is 7.17. The Bertz CT molecular complexity index is 898. The largest absolute Gasteiger partial charge is 0.454 e. The van der Waals surface area contributed by atoms with Gasteiger partial charge in [0.25, 0.3) is 0 Å². The van der Waals surface area contributed by atoms with Gasteiger partial charge in [-0.25, -0.2) is 9.59 Å². The van der Waals surface area contributed by atoms with E-state index in [0.29, 0.717) is 23.1 Å². The minimum atomic E-state index is -1.14. The average molecular weight is 479 g/mol. The zero-order chi connectivity index (χ0) is 26.0. The number of aliphatic hydroxyl groups is 1. The first-order chi connectivity index (χ1) is 15.7. The second-order valence-corrected chi connectivity index (χ2v) is 9.72. The first kappa shape index (κ1) is 28.0. The molecular weight excluding hydrogens is 440 g/mol. The van der Waals surface area contributed by atoms with Crippen molar-refractivity contribution < 1.29 is 38.4 Å². The summed E-state index contributed by atoms with van der Waals surface area (Å²) >= 11 is 0. The van der Waals surface area contributed by atoms with E-state index < -0.39 is 47.4 Å². The summed E-state index contributed by atoms with van der Waals surface area (Å²) in [4.78, 5) is 38.4. The number of ether oxygens (including phenoxy) is 4. The molecule has 0 amide bonds. The van der Waals surface area contributed by atoms with E-state index in [2.05, 4.69) is 6.58 Å². The van der Waals surface area contributed by atoms with Gasteiger partial charge in [-0.1, -0.05) is 18.7 Å². The summed E-state index contributed by atoms with van der Waals surface area (Å²) in [6.45, 7) is 15.9. The Morgan fingerprint density at radius 2 is 1.79 bits per heavy atom. The molecule has 1 aliphatic carbocycles. The van der Waals surface area contributed by atoms with Crippen LogP contribution >= 0.6 is 0 Å². The number of esters is 2. The standard InChI is InChI=1S/C26H38O8/c1-10-14(3)23(29)32-18(13-19(27)25(6,7)31-9)16(5)17-12-20-26(8,34-20)22(28)21(17)33-24(30)15(4)11-2/h10-11,17-21,27H,5,12-13H2,1-4,6-9H3/b14-10-,15-11-/t17-,18-,19-,20-,21-,26-/m1/s1. The summed E-state index contributed by atoms with van der Waals surface area (Å²) < 4.78 is 22.4. The Morgan fingerprint density at radius 3 is 2.32 bits per heavy atom. The fourth-order valence-electron chi connectivity index (χ4n) is 3.85. The van der Waals surface area contributed by atoms with E-state index in [0.717, 1.165) is 0 Å². The van der Waals surface area contributed by atoms with Crippen molar-refractivity contribution in [2.24, 2.45) is 5.92 Å². The summed E-state index contributed by atoms with van der Waals surface area (Å²) in [6, 6.07) is 0. The number of Topliss-reactive ketones (excluding diaryl/α,β-unsaturated/α-hetero) is 1. The Kier molecular flexibility index (Phi) is 8.67. The van der Waals surface area contributed by atoms with E-state index in [1.54, 1.807) is 60.6 Å². The lowest BCUT2D eigenvalue weighted by molar-refractivity contribution is -0.158. The van der Waals surface area contributed by atoms with Crippen molar-refractivity contribution in [1.82, 2.24) is 0 Å². The Morgan fingerprint density at radius 1 is 1.24 bits per heavy atom. The quantitative estimate of drug-likeness (QED) is 0.220. The van der Waals surface area contributed by atoms with E-state index in [-0.39, 0.29) is 18.3 Å². The number of aliphatic hydroxyl groups excluding tert-OH is 1. The molecule has 1 heterocycles. The molecule has 8 nitrogen and oxygen atoms in total. The van der Waals surface area contributed by atoms with Crippen LogP contribution in [0.4, 0.5) is 0 Å². The Balaban J connectivity index is 2.39. The second-order valence-electron chi connectivity index (χ2n) is 9.72. The number of methoxy groups -OCH3 is 1. The lowest BCUT2D eigenvalue weighted by Gasteiger charge is -2.37. The smallest absolute Gasteiger partial charge is 0.334 e. The molecule has 0 aromatic heterocycles. The summed E-state index contributed by atoms with van der Waals surface area (Å²) in [6.07, 6.45) is 0.145. The molecule has 1 N–H and O–H groups in total. The lowest BCUT2D eigenvalue weighted by atomic mass is 9.74. The van der Waals surface area contributed by atoms with Gasteiger partial charge in [-0.05, 0) is 60.5 Å². The van der Waals surface area contributed by atoms with E-state index in [1.807, 2.05) is 0 Å². The van der Waals surface area contributed by atoms with Crippen LogP contribution in [-0.2, 0) is 33.3 Å². The number of fused-ring (bicyclic) bond motifs is 1. The molecule has 0 aromatic carbocycles. The van der Waals surface area contributed by atoms with Crippen LogP contribution in [0, 0.1) is 5.92 Å². The van der Waals surface area contributed by atoms with Crippen molar-refractivity contribution >= 4 is 17.7 Å². The fourth-order valence-corrected chi connectivity index (χ4v) is 3.85. The molecule has 1 saturated heterocycles. The second kappa shape index (κ2) is 10.5. The molecule has 0 spiro atoms. The van der Waals surface area contributed by atoms with E-state index in [4.69, 9.17) is 18.9 Å². The molecule has 2 fully saturated rings. The highest BCUT2D eigenvalue weighted by Crippen LogP contribution is 2.50. The lowest BCUT2D eigenvalue weighted by Crippen LogP contribution is -2.49. The first-order valence-electron chi connectivity index (χ1n) is 11.5. The maximum atomic E-state index is 13.2. The number of ketones is 1. The number of rotatable bonds is 10. The molecule has 0 bridgehead atoms. The number of carbonyl (C=O) groups excluding carboxylic acids is 3. The van der Waals surface area contributed by atoms with E-state index >= 15 is 0 Å². The topological polar surface area (TPSA) is 112 Å². The van der Waals surface area contributed by atoms with Crippen LogP contribution in [0.15, 0.2) is 35.5 Å². The molecule has 2 rings (SSSR count). The van der Waals surface area contributed by atoms with Crippen molar-refractivity contribution in [3.8, 4) is 0 Å². The van der Waals surface area contributed by atoms with Gasteiger partial charge in [0.2, 0.25) is 5.78 Å². The fraction of sp³-hybridized carbons (Fsp3) is 0.654. The minimum Gasteiger partial charge on any atom is -0.454 e. The molecule has 1 saturated carbocycles. The number of carbonyl (C=O) groups is 3. The molecule has 190 valence electrons. The first-order valence-corrected chi connectivity index (χ1v) is 11.5. The zero-order valence-electron chi connectivity index (χ0n) is 21.5. The zero-order valence-corrected chi connectivity index (χ0v) is 21.5. The molecule has 0 unspecified atom stereocenters. The molecular formula is C26H38O8. The highest BCUT2D eigenvalue weighted by molar-refractivity contribution is 5.98. The molecule has 8 heteroatoms.